The molecule has 0 radical (unpaired) electrons. The first kappa shape index (κ1) is 25.2. The van der Waals surface area contributed by atoms with Crippen molar-refractivity contribution in [3.05, 3.63) is 63.5 Å². The van der Waals surface area contributed by atoms with Crippen molar-refractivity contribution < 1.29 is 27.9 Å². The Labute approximate surface area is 216 Å². The molecule has 36 heavy (non-hydrogen) atoms. The number of Topliss-reactive ketones (excluding diaryl/α,β-unsaturated/α-hetero) is 1. The summed E-state index contributed by atoms with van der Waals surface area (Å²) in [4.78, 5) is 27.1. The number of aliphatic hydroxyl groups is 1. The Morgan fingerprint density at radius 3 is 2.72 bits per heavy atom. The number of halogens is 4. The zero-order valence-corrected chi connectivity index (χ0v) is 21.3. The van der Waals surface area contributed by atoms with E-state index < -0.39 is 41.4 Å². The molecular weight excluding hydrogens is 515 g/mol. The summed E-state index contributed by atoms with van der Waals surface area (Å²) in [5.41, 5.74) is 2.49. The number of benzene rings is 1. The number of thioether (sulfide) groups is 1. The lowest BCUT2D eigenvalue weighted by Gasteiger charge is -2.51. The van der Waals surface area contributed by atoms with E-state index >= 15 is 0 Å². The summed E-state index contributed by atoms with van der Waals surface area (Å²) in [6.07, 6.45) is 0.130. The van der Waals surface area contributed by atoms with Crippen LogP contribution >= 0.6 is 23.4 Å². The number of ketones is 1. The molecule has 6 nitrogen and oxygen atoms in total. The van der Waals surface area contributed by atoms with Gasteiger partial charge in [0.2, 0.25) is 5.78 Å². The molecule has 0 spiro atoms. The van der Waals surface area contributed by atoms with Gasteiger partial charge in [-0.3, -0.25) is 14.6 Å². The highest BCUT2D eigenvalue weighted by molar-refractivity contribution is 7.99. The van der Waals surface area contributed by atoms with Crippen LogP contribution in [0.15, 0.2) is 57.8 Å². The van der Waals surface area contributed by atoms with Gasteiger partial charge in [0.25, 0.3) is 5.91 Å². The van der Waals surface area contributed by atoms with Crippen LogP contribution in [0.4, 0.5) is 13.2 Å². The fourth-order valence-corrected chi connectivity index (χ4v) is 6.72. The van der Waals surface area contributed by atoms with Crippen LogP contribution < -0.4 is 0 Å². The normalized spacial score (nSPS) is 26.1. The van der Waals surface area contributed by atoms with Crippen LogP contribution in [0.3, 0.4) is 0 Å². The zero-order valence-electron chi connectivity index (χ0n) is 19.7. The fraction of sp³-hybridized carbons (Fsp3) is 0.440. The van der Waals surface area contributed by atoms with E-state index in [2.05, 4.69) is 13.0 Å². The highest BCUT2D eigenvalue weighted by Gasteiger charge is 2.51. The lowest BCUT2D eigenvalue weighted by Crippen LogP contribution is -2.64. The average Bonchev–Trinajstić information content (AvgIpc) is 2.98. The van der Waals surface area contributed by atoms with Crippen molar-refractivity contribution in [2.45, 2.75) is 49.8 Å². The lowest BCUT2D eigenvalue weighted by atomic mass is 9.85. The molecule has 1 aliphatic carbocycles. The summed E-state index contributed by atoms with van der Waals surface area (Å²) in [6, 6.07) is 2.78. The van der Waals surface area contributed by atoms with Gasteiger partial charge in [-0.05, 0) is 36.5 Å². The maximum absolute atomic E-state index is 13.8. The van der Waals surface area contributed by atoms with Gasteiger partial charge >= 0.3 is 6.18 Å². The van der Waals surface area contributed by atoms with Gasteiger partial charge in [0.1, 0.15) is 6.04 Å². The number of alkyl halides is 3. The monoisotopic (exact) mass is 539 g/mol. The molecule has 1 saturated heterocycles. The standard InChI is InChI=1S/C25H25ClF3N3O3S/c1-13-6-7-16-15(10-13)11-36-23-17(4-3-5-18(23)26)20(16)32-12-30(14(2)25(27,28)29)24(35)21-22(34)19(33)8-9-31(21)32/h3-7,13-14,20,34H,8-12H2,1-2H3/t13?,14-,20+/m1/s1. The van der Waals surface area contributed by atoms with Crippen LogP contribution in [0.5, 0.6) is 0 Å². The smallest absolute Gasteiger partial charge is 0.408 e. The maximum Gasteiger partial charge on any atom is 0.408 e. The van der Waals surface area contributed by atoms with E-state index in [1.807, 2.05) is 12.1 Å². The SMILES string of the molecule is CC1C=CC2=C(CSc3c(Cl)cccc3[C@H]2N2CN([C@H](C)C(F)(F)F)C(=O)C3=C(O)C(=O)CCN32)C1. The molecular formula is C25H25ClF3N3O3S. The van der Waals surface area contributed by atoms with E-state index in [0.29, 0.717) is 21.6 Å². The second-order valence-electron chi connectivity index (χ2n) is 9.52. The maximum atomic E-state index is 13.8. The van der Waals surface area contributed by atoms with E-state index in [1.54, 1.807) is 28.9 Å². The molecule has 3 atom stereocenters. The minimum Gasteiger partial charge on any atom is -0.503 e. The van der Waals surface area contributed by atoms with Crippen molar-refractivity contribution in [3.8, 4) is 0 Å². The summed E-state index contributed by atoms with van der Waals surface area (Å²) in [5.74, 6) is -1.50. The molecule has 0 bridgehead atoms. The number of fused-ring (bicyclic) bond motifs is 2. The van der Waals surface area contributed by atoms with Gasteiger partial charge in [0, 0.05) is 23.6 Å². The minimum absolute atomic E-state index is 0.0589. The number of carbonyl (C=O) groups excluding carboxylic acids is 2. The summed E-state index contributed by atoms with van der Waals surface area (Å²) < 4.78 is 41.5. The number of hydrazine groups is 1. The van der Waals surface area contributed by atoms with Gasteiger partial charge in [-0.15, -0.1) is 11.8 Å². The van der Waals surface area contributed by atoms with Crippen LogP contribution in [0.25, 0.3) is 0 Å². The number of carbonyl (C=O) groups is 2. The third kappa shape index (κ3) is 4.13. The Balaban J connectivity index is 1.71. The quantitative estimate of drug-likeness (QED) is 0.543. The zero-order chi connectivity index (χ0) is 25.9. The summed E-state index contributed by atoms with van der Waals surface area (Å²) in [7, 11) is 0. The number of allylic oxidation sites excluding steroid dienone is 2. The highest BCUT2D eigenvalue weighted by atomic mass is 35.5. The van der Waals surface area contributed by atoms with Crippen molar-refractivity contribution >= 4 is 35.1 Å². The van der Waals surface area contributed by atoms with Gasteiger partial charge in [0.05, 0.1) is 17.7 Å². The molecule has 1 amide bonds. The molecule has 192 valence electrons. The molecule has 3 heterocycles. The van der Waals surface area contributed by atoms with Crippen LogP contribution in [-0.2, 0) is 9.59 Å². The van der Waals surface area contributed by atoms with Crippen LogP contribution in [0.1, 0.15) is 38.3 Å². The lowest BCUT2D eigenvalue weighted by molar-refractivity contribution is -0.208. The number of amides is 1. The molecule has 1 fully saturated rings. The highest BCUT2D eigenvalue weighted by Crippen LogP contribution is 2.49. The van der Waals surface area contributed by atoms with E-state index in [0.717, 1.165) is 34.9 Å². The molecule has 1 aromatic rings. The molecule has 11 heteroatoms. The number of hydrogen-bond donors (Lipinski definition) is 1. The van der Waals surface area contributed by atoms with Crippen LogP contribution in [0, 0.1) is 5.92 Å². The number of hydrogen-bond acceptors (Lipinski definition) is 6. The van der Waals surface area contributed by atoms with Gasteiger partial charge in [-0.1, -0.05) is 48.4 Å². The second-order valence-corrected chi connectivity index (χ2v) is 10.9. The second kappa shape index (κ2) is 9.15. The van der Waals surface area contributed by atoms with E-state index in [4.69, 9.17) is 11.6 Å². The number of rotatable bonds is 2. The first-order valence-corrected chi connectivity index (χ1v) is 13.0. The van der Waals surface area contributed by atoms with Crippen molar-refractivity contribution in [3.63, 3.8) is 0 Å². The average molecular weight is 540 g/mol. The van der Waals surface area contributed by atoms with E-state index in [9.17, 15) is 27.9 Å². The van der Waals surface area contributed by atoms with Crippen molar-refractivity contribution in [2.24, 2.45) is 5.92 Å². The fourth-order valence-electron chi connectivity index (χ4n) is 5.22. The van der Waals surface area contributed by atoms with Crippen molar-refractivity contribution in [1.29, 1.82) is 0 Å². The minimum atomic E-state index is -4.69. The van der Waals surface area contributed by atoms with Gasteiger partial charge < -0.3 is 10.0 Å². The van der Waals surface area contributed by atoms with Gasteiger partial charge in [-0.25, -0.2) is 0 Å². The Kier molecular flexibility index (Phi) is 6.41. The first-order valence-electron chi connectivity index (χ1n) is 11.7. The number of aliphatic hydroxyl groups excluding tert-OH is 1. The molecule has 0 saturated carbocycles. The van der Waals surface area contributed by atoms with E-state index in [1.165, 1.54) is 5.01 Å². The first-order chi connectivity index (χ1) is 17.0. The summed E-state index contributed by atoms with van der Waals surface area (Å²) >= 11 is 8.18. The summed E-state index contributed by atoms with van der Waals surface area (Å²) in [6.45, 7) is 2.72. The topological polar surface area (TPSA) is 64.1 Å². The Bertz CT molecular complexity index is 1230. The molecule has 1 aromatic carbocycles. The Morgan fingerprint density at radius 1 is 1.25 bits per heavy atom. The third-order valence-corrected chi connectivity index (χ3v) is 8.83. The van der Waals surface area contributed by atoms with Crippen LogP contribution in [0.2, 0.25) is 5.02 Å². The summed E-state index contributed by atoms with van der Waals surface area (Å²) in [5, 5.41) is 14.3. The number of nitrogens with zero attached hydrogens (tertiary/aromatic N) is 3. The molecule has 4 aliphatic rings. The van der Waals surface area contributed by atoms with Crippen molar-refractivity contribution in [2.75, 3.05) is 19.0 Å². The van der Waals surface area contributed by atoms with Crippen molar-refractivity contribution in [1.82, 2.24) is 14.9 Å². The molecule has 1 N–H and O–H groups in total. The predicted molar refractivity (Wildman–Crippen MR) is 130 cm³/mol. The largest absolute Gasteiger partial charge is 0.503 e. The molecule has 0 aromatic heterocycles. The third-order valence-electron chi connectivity index (χ3n) is 7.17. The van der Waals surface area contributed by atoms with Gasteiger partial charge in [0.15, 0.2) is 11.5 Å². The van der Waals surface area contributed by atoms with Gasteiger partial charge in [-0.2, -0.15) is 18.2 Å². The molecule has 1 unspecified atom stereocenters. The molecule has 3 aliphatic heterocycles. The Hall–Kier alpha value is -2.43. The van der Waals surface area contributed by atoms with E-state index in [-0.39, 0.29) is 19.6 Å². The Morgan fingerprint density at radius 2 is 2.00 bits per heavy atom. The predicted octanol–water partition coefficient (Wildman–Crippen LogP) is 5.39. The van der Waals surface area contributed by atoms with Crippen LogP contribution in [-0.4, -0.2) is 62.9 Å². The molecule has 5 rings (SSSR count).